The molecule has 0 saturated heterocycles. The summed E-state index contributed by atoms with van der Waals surface area (Å²) in [4.78, 5) is 10.9. The molecule has 0 aromatic rings. The standard InChI is InChI=1S/C20H40O10/c1-20(2,19(21)22)18-30-17-16-29-15-14-28-13-12-27-11-10-26-9-8-25-7-6-24-5-4-23-3/h4-18H2,1-3H3,(H,21,22). The first kappa shape index (κ1) is 29.1. The van der Waals surface area contributed by atoms with E-state index < -0.39 is 11.4 Å². The Morgan fingerprint density at radius 3 is 1.10 bits per heavy atom. The number of ether oxygens (including phenoxy) is 8. The molecule has 0 aromatic heterocycles. The average Bonchev–Trinajstić information content (AvgIpc) is 2.71. The molecule has 0 radical (unpaired) electrons. The number of methoxy groups -OCH3 is 1. The lowest BCUT2D eigenvalue weighted by Crippen LogP contribution is -2.29. The number of carboxylic acid groups (broad SMARTS) is 1. The van der Waals surface area contributed by atoms with Gasteiger partial charge in [0.25, 0.3) is 0 Å². The van der Waals surface area contributed by atoms with E-state index in [0.717, 1.165) is 0 Å². The second-order valence-corrected chi connectivity index (χ2v) is 6.91. The van der Waals surface area contributed by atoms with E-state index in [1.54, 1.807) is 21.0 Å². The first-order valence-electron chi connectivity index (χ1n) is 10.3. The second-order valence-electron chi connectivity index (χ2n) is 6.91. The van der Waals surface area contributed by atoms with Gasteiger partial charge in [0.05, 0.1) is 105 Å². The van der Waals surface area contributed by atoms with Crippen molar-refractivity contribution in [1.82, 2.24) is 0 Å². The van der Waals surface area contributed by atoms with Crippen LogP contribution >= 0.6 is 0 Å². The highest BCUT2D eigenvalue weighted by atomic mass is 16.6. The minimum atomic E-state index is -0.887. The Labute approximate surface area is 180 Å². The van der Waals surface area contributed by atoms with Crippen LogP contribution in [0.15, 0.2) is 0 Å². The van der Waals surface area contributed by atoms with Gasteiger partial charge in [-0.3, -0.25) is 4.79 Å². The summed E-state index contributed by atoms with van der Waals surface area (Å²) in [6.07, 6.45) is 0. The van der Waals surface area contributed by atoms with Crippen LogP contribution in [0.5, 0.6) is 0 Å². The van der Waals surface area contributed by atoms with Crippen molar-refractivity contribution in [3.8, 4) is 0 Å². The minimum absolute atomic E-state index is 0.153. The Balaban J connectivity index is 3.11. The highest BCUT2D eigenvalue weighted by Gasteiger charge is 2.27. The van der Waals surface area contributed by atoms with Crippen LogP contribution in [0.2, 0.25) is 0 Å². The van der Waals surface area contributed by atoms with Crippen molar-refractivity contribution in [3.05, 3.63) is 0 Å². The van der Waals surface area contributed by atoms with Gasteiger partial charge < -0.3 is 43.0 Å². The van der Waals surface area contributed by atoms with Gasteiger partial charge in [-0.2, -0.15) is 0 Å². The summed E-state index contributed by atoms with van der Waals surface area (Å²) >= 11 is 0. The summed E-state index contributed by atoms with van der Waals surface area (Å²) in [5.41, 5.74) is -0.887. The predicted octanol–water partition coefficient (Wildman–Crippen LogP) is 0.860. The van der Waals surface area contributed by atoms with Crippen molar-refractivity contribution in [2.75, 3.05) is 106 Å². The third-order valence-corrected chi connectivity index (χ3v) is 3.71. The molecule has 0 aliphatic heterocycles. The van der Waals surface area contributed by atoms with E-state index in [-0.39, 0.29) is 6.61 Å². The van der Waals surface area contributed by atoms with Gasteiger partial charge in [0.2, 0.25) is 0 Å². The molecule has 0 unspecified atom stereocenters. The van der Waals surface area contributed by atoms with Crippen molar-refractivity contribution < 1.29 is 47.8 Å². The molecule has 0 fully saturated rings. The molecule has 0 atom stereocenters. The molecule has 1 N–H and O–H groups in total. The van der Waals surface area contributed by atoms with Crippen LogP contribution in [-0.2, 0) is 42.7 Å². The lowest BCUT2D eigenvalue weighted by Gasteiger charge is -2.18. The zero-order valence-corrected chi connectivity index (χ0v) is 18.7. The molecule has 10 heteroatoms. The average molecular weight is 441 g/mol. The summed E-state index contributed by atoms with van der Waals surface area (Å²) in [7, 11) is 1.64. The normalized spacial score (nSPS) is 11.8. The quantitative estimate of drug-likeness (QED) is 0.217. The Morgan fingerprint density at radius 2 is 0.833 bits per heavy atom. The third-order valence-electron chi connectivity index (χ3n) is 3.71. The maximum absolute atomic E-state index is 10.9. The highest BCUT2D eigenvalue weighted by Crippen LogP contribution is 2.14. The van der Waals surface area contributed by atoms with E-state index in [9.17, 15) is 4.79 Å². The summed E-state index contributed by atoms with van der Waals surface area (Å²) in [6, 6.07) is 0. The van der Waals surface area contributed by atoms with Gasteiger partial charge in [-0.25, -0.2) is 0 Å². The van der Waals surface area contributed by atoms with Crippen molar-refractivity contribution in [2.24, 2.45) is 5.41 Å². The topological polar surface area (TPSA) is 111 Å². The van der Waals surface area contributed by atoms with Gasteiger partial charge in [-0.05, 0) is 13.8 Å². The molecule has 0 spiro atoms. The largest absolute Gasteiger partial charge is 0.481 e. The fraction of sp³-hybridized carbons (Fsp3) is 0.950. The number of hydrogen-bond acceptors (Lipinski definition) is 9. The van der Waals surface area contributed by atoms with E-state index in [4.69, 9.17) is 43.0 Å². The zero-order valence-electron chi connectivity index (χ0n) is 18.7. The van der Waals surface area contributed by atoms with Crippen LogP contribution in [0.3, 0.4) is 0 Å². The predicted molar refractivity (Wildman–Crippen MR) is 109 cm³/mol. The molecule has 0 heterocycles. The molecule has 10 nitrogen and oxygen atoms in total. The third kappa shape index (κ3) is 20.4. The summed E-state index contributed by atoms with van der Waals surface area (Å²) in [5, 5.41) is 8.96. The number of carboxylic acids is 1. The van der Waals surface area contributed by atoms with Crippen LogP contribution in [0.1, 0.15) is 13.8 Å². The van der Waals surface area contributed by atoms with Crippen LogP contribution in [0, 0.1) is 5.41 Å². The van der Waals surface area contributed by atoms with Gasteiger partial charge in [0, 0.05) is 7.11 Å². The molecule has 0 aliphatic rings. The minimum Gasteiger partial charge on any atom is -0.481 e. The Morgan fingerprint density at radius 1 is 0.567 bits per heavy atom. The zero-order chi connectivity index (χ0) is 22.3. The number of rotatable bonds is 24. The van der Waals surface area contributed by atoms with Crippen molar-refractivity contribution in [3.63, 3.8) is 0 Å². The van der Waals surface area contributed by atoms with Crippen LogP contribution < -0.4 is 0 Å². The maximum Gasteiger partial charge on any atom is 0.311 e. The molecule has 30 heavy (non-hydrogen) atoms. The number of hydrogen-bond donors (Lipinski definition) is 1. The molecule has 0 amide bonds. The van der Waals surface area contributed by atoms with E-state index in [0.29, 0.717) is 92.5 Å². The van der Waals surface area contributed by atoms with E-state index in [1.807, 2.05) is 0 Å². The van der Waals surface area contributed by atoms with Crippen LogP contribution in [0.25, 0.3) is 0 Å². The Hall–Kier alpha value is -0.850. The lowest BCUT2D eigenvalue weighted by molar-refractivity contribution is -0.150. The lowest BCUT2D eigenvalue weighted by atomic mass is 9.95. The SMILES string of the molecule is COCCOCCOCCOCCOCCOCCOCCOCC(C)(C)C(=O)O. The molecular formula is C20H40O10. The van der Waals surface area contributed by atoms with E-state index >= 15 is 0 Å². The van der Waals surface area contributed by atoms with Gasteiger partial charge in [0.1, 0.15) is 0 Å². The molecular weight excluding hydrogens is 400 g/mol. The van der Waals surface area contributed by atoms with Crippen LogP contribution in [-0.4, -0.2) is 117 Å². The van der Waals surface area contributed by atoms with Gasteiger partial charge in [-0.15, -0.1) is 0 Å². The molecule has 0 rings (SSSR count). The molecule has 0 aromatic carbocycles. The summed E-state index contributed by atoms with van der Waals surface area (Å²) < 4.78 is 42.3. The second kappa shape index (κ2) is 21.4. The molecule has 0 aliphatic carbocycles. The summed E-state index contributed by atoms with van der Waals surface area (Å²) in [5.74, 6) is -0.879. The maximum atomic E-state index is 10.9. The molecule has 180 valence electrons. The Kier molecular flexibility index (Phi) is 20.8. The summed E-state index contributed by atoms with van der Waals surface area (Å²) in [6.45, 7) is 10.4. The first-order valence-corrected chi connectivity index (χ1v) is 10.3. The van der Waals surface area contributed by atoms with Crippen molar-refractivity contribution in [1.29, 1.82) is 0 Å². The smallest absolute Gasteiger partial charge is 0.311 e. The number of carbonyl (C=O) groups is 1. The van der Waals surface area contributed by atoms with Crippen molar-refractivity contribution >= 4 is 5.97 Å². The molecule has 0 bridgehead atoms. The van der Waals surface area contributed by atoms with E-state index in [1.165, 1.54) is 0 Å². The van der Waals surface area contributed by atoms with E-state index in [2.05, 4.69) is 0 Å². The van der Waals surface area contributed by atoms with Crippen molar-refractivity contribution in [2.45, 2.75) is 13.8 Å². The van der Waals surface area contributed by atoms with Crippen LogP contribution in [0.4, 0.5) is 0 Å². The monoisotopic (exact) mass is 440 g/mol. The van der Waals surface area contributed by atoms with Gasteiger partial charge >= 0.3 is 5.97 Å². The highest BCUT2D eigenvalue weighted by molar-refractivity contribution is 5.73. The van der Waals surface area contributed by atoms with Gasteiger partial charge in [-0.1, -0.05) is 0 Å². The molecule has 0 saturated carbocycles. The Bertz CT molecular complexity index is 379. The fourth-order valence-corrected chi connectivity index (χ4v) is 1.85. The fourth-order valence-electron chi connectivity index (χ4n) is 1.85. The number of aliphatic carboxylic acids is 1. The first-order chi connectivity index (χ1) is 14.5. The van der Waals surface area contributed by atoms with Gasteiger partial charge in [0.15, 0.2) is 0 Å².